The topological polar surface area (TPSA) is 174 Å². The number of nitro benzene ring substituents is 2. The molecule has 36 heavy (non-hydrogen) atoms. The molecule has 3 aromatic carbocycles. The number of amides is 2. The Labute approximate surface area is 200 Å². The molecule has 188 valence electrons. The van der Waals surface area contributed by atoms with Gasteiger partial charge in [-0.1, -0.05) is 0 Å². The predicted molar refractivity (Wildman–Crippen MR) is 121 cm³/mol. The van der Waals surface area contributed by atoms with Gasteiger partial charge in [0, 0.05) is 35.3 Å². The van der Waals surface area contributed by atoms with Gasteiger partial charge >= 0.3 is 12.2 Å². The van der Waals surface area contributed by atoms with Gasteiger partial charge in [-0.25, -0.2) is 13.2 Å². The summed E-state index contributed by atoms with van der Waals surface area (Å²) in [6.45, 7) is 0. The Morgan fingerprint density at radius 3 is 1.75 bits per heavy atom. The molecular formula is C20H14F3N5O7S. The molecule has 0 aromatic heterocycles. The first-order valence-electron chi connectivity index (χ1n) is 9.57. The van der Waals surface area contributed by atoms with Crippen LogP contribution in [0.3, 0.4) is 0 Å². The highest BCUT2D eigenvalue weighted by molar-refractivity contribution is 7.92. The molecule has 0 bridgehead atoms. The predicted octanol–water partition coefficient (Wildman–Crippen LogP) is 4.97. The minimum absolute atomic E-state index is 0.156. The Morgan fingerprint density at radius 2 is 1.28 bits per heavy atom. The molecule has 0 heterocycles. The van der Waals surface area contributed by atoms with Gasteiger partial charge in [-0.05, 0) is 48.5 Å². The van der Waals surface area contributed by atoms with E-state index in [4.69, 9.17) is 0 Å². The number of alkyl halides is 3. The molecule has 3 rings (SSSR count). The lowest BCUT2D eigenvalue weighted by Gasteiger charge is -2.12. The van der Waals surface area contributed by atoms with Crippen LogP contribution in [0.25, 0.3) is 0 Å². The Balaban J connectivity index is 1.70. The van der Waals surface area contributed by atoms with E-state index in [1.54, 1.807) is 0 Å². The first kappa shape index (κ1) is 25.9. The molecule has 0 aliphatic heterocycles. The fraction of sp³-hybridized carbons (Fsp3) is 0.0500. The monoisotopic (exact) mass is 525 g/mol. The summed E-state index contributed by atoms with van der Waals surface area (Å²) in [6.07, 6.45) is -5.09. The van der Waals surface area contributed by atoms with Crippen molar-refractivity contribution >= 4 is 44.5 Å². The lowest BCUT2D eigenvalue weighted by Crippen LogP contribution is -2.19. The van der Waals surface area contributed by atoms with Gasteiger partial charge in [0.15, 0.2) is 0 Å². The summed E-state index contributed by atoms with van der Waals surface area (Å²) >= 11 is 0. The van der Waals surface area contributed by atoms with E-state index < -0.39 is 49.0 Å². The van der Waals surface area contributed by atoms with Crippen LogP contribution in [-0.2, 0) is 16.2 Å². The van der Waals surface area contributed by atoms with Crippen LogP contribution in [0.15, 0.2) is 71.6 Å². The van der Waals surface area contributed by atoms with Crippen LogP contribution >= 0.6 is 0 Å². The number of hydrogen-bond acceptors (Lipinski definition) is 7. The summed E-state index contributed by atoms with van der Waals surface area (Å²) in [5, 5.41) is 26.3. The number of nitrogens with zero attached hydrogens (tertiary/aromatic N) is 2. The molecule has 0 saturated heterocycles. The van der Waals surface area contributed by atoms with Crippen molar-refractivity contribution in [3.8, 4) is 0 Å². The quantitative estimate of drug-likeness (QED) is 0.288. The summed E-state index contributed by atoms with van der Waals surface area (Å²) in [5.41, 5.74) is -3.16. The number of rotatable bonds is 7. The van der Waals surface area contributed by atoms with Crippen molar-refractivity contribution < 1.29 is 36.2 Å². The average molecular weight is 525 g/mol. The van der Waals surface area contributed by atoms with E-state index >= 15 is 0 Å². The van der Waals surface area contributed by atoms with Gasteiger partial charge in [0.25, 0.3) is 21.4 Å². The third kappa shape index (κ3) is 6.23. The molecule has 12 nitrogen and oxygen atoms in total. The van der Waals surface area contributed by atoms with Crippen LogP contribution in [0.5, 0.6) is 0 Å². The molecule has 0 fully saturated rings. The van der Waals surface area contributed by atoms with Crippen LogP contribution < -0.4 is 15.4 Å². The molecule has 0 radical (unpaired) electrons. The normalized spacial score (nSPS) is 11.4. The zero-order valence-electron chi connectivity index (χ0n) is 17.6. The van der Waals surface area contributed by atoms with Gasteiger partial charge in [0.05, 0.1) is 14.7 Å². The van der Waals surface area contributed by atoms with Crippen LogP contribution in [0.4, 0.5) is 46.4 Å². The van der Waals surface area contributed by atoms with Gasteiger partial charge in [0.2, 0.25) is 0 Å². The highest BCUT2D eigenvalue weighted by Crippen LogP contribution is 2.38. The maximum Gasteiger partial charge on any atom is 0.423 e. The van der Waals surface area contributed by atoms with Crippen LogP contribution in [-0.4, -0.2) is 24.3 Å². The molecule has 0 unspecified atom stereocenters. The van der Waals surface area contributed by atoms with Crippen LogP contribution in [0, 0.1) is 20.2 Å². The van der Waals surface area contributed by atoms with E-state index in [1.165, 1.54) is 36.4 Å². The lowest BCUT2D eigenvalue weighted by atomic mass is 10.1. The molecule has 2 amide bonds. The second-order valence-corrected chi connectivity index (χ2v) is 8.68. The Hall–Kier alpha value is -4.73. The SMILES string of the molecule is O=C(Nc1ccc([N+](=O)[O-])cc1)Nc1ccc(S(=O)(=O)Nc2ccc([N+](=O)[O-])c(C(F)(F)F)c2)cc1. The Morgan fingerprint density at radius 1 is 0.778 bits per heavy atom. The van der Waals surface area contributed by atoms with E-state index in [0.717, 1.165) is 18.2 Å². The lowest BCUT2D eigenvalue weighted by molar-refractivity contribution is -0.388. The van der Waals surface area contributed by atoms with Crippen molar-refractivity contribution in [3.63, 3.8) is 0 Å². The summed E-state index contributed by atoms with van der Waals surface area (Å²) in [6, 6.07) is 10.5. The summed E-state index contributed by atoms with van der Waals surface area (Å²) in [5.74, 6) is 0. The second-order valence-electron chi connectivity index (χ2n) is 7.00. The first-order chi connectivity index (χ1) is 16.8. The maximum absolute atomic E-state index is 13.1. The Kier molecular flexibility index (Phi) is 7.09. The van der Waals surface area contributed by atoms with Gasteiger partial charge < -0.3 is 10.6 Å². The Bertz CT molecular complexity index is 1430. The van der Waals surface area contributed by atoms with Crippen molar-refractivity contribution in [2.24, 2.45) is 0 Å². The standard InChI is InChI=1S/C20H14F3N5O7S/c21-20(22,23)17-11-14(5-10-18(17)28(32)33)26-36(34,35)16-8-3-13(4-9-16)25-19(29)24-12-1-6-15(7-2-12)27(30)31/h1-11,26H,(H2,24,25,29). The summed E-state index contributed by atoms with van der Waals surface area (Å²) < 4.78 is 66.4. The molecule has 0 atom stereocenters. The van der Waals surface area contributed by atoms with Crippen LogP contribution in [0.2, 0.25) is 0 Å². The number of nitrogens with one attached hydrogen (secondary N) is 3. The number of halogens is 3. The maximum atomic E-state index is 13.1. The van der Waals surface area contributed by atoms with Gasteiger partial charge in [-0.2, -0.15) is 13.2 Å². The van der Waals surface area contributed by atoms with E-state index in [2.05, 4.69) is 10.6 Å². The number of urea groups is 1. The highest BCUT2D eigenvalue weighted by Gasteiger charge is 2.38. The average Bonchev–Trinajstić information content (AvgIpc) is 2.78. The molecule has 16 heteroatoms. The zero-order valence-corrected chi connectivity index (χ0v) is 18.5. The smallest absolute Gasteiger partial charge is 0.308 e. The third-order valence-electron chi connectivity index (χ3n) is 4.51. The minimum atomic E-state index is -5.09. The number of benzene rings is 3. The number of carbonyl (C=O) groups is 1. The molecule has 3 N–H and O–H groups in total. The number of anilines is 3. The number of sulfonamides is 1. The number of non-ortho nitro benzene ring substituents is 1. The molecule has 3 aromatic rings. The third-order valence-corrected chi connectivity index (χ3v) is 5.91. The second kappa shape index (κ2) is 9.87. The van der Waals surface area contributed by atoms with E-state index in [0.29, 0.717) is 12.1 Å². The van der Waals surface area contributed by atoms with E-state index in [9.17, 15) is 46.6 Å². The number of carbonyl (C=O) groups excluding carboxylic acids is 1. The van der Waals surface area contributed by atoms with Crippen molar-refractivity contribution in [1.82, 2.24) is 0 Å². The van der Waals surface area contributed by atoms with Crippen molar-refractivity contribution in [2.45, 2.75) is 11.1 Å². The van der Waals surface area contributed by atoms with Crippen molar-refractivity contribution in [2.75, 3.05) is 15.4 Å². The summed E-state index contributed by atoms with van der Waals surface area (Å²) in [4.78, 5) is 31.4. The minimum Gasteiger partial charge on any atom is -0.308 e. The molecular weight excluding hydrogens is 511 g/mol. The highest BCUT2D eigenvalue weighted by atomic mass is 32.2. The van der Waals surface area contributed by atoms with Crippen LogP contribution in [0.1, 0.15) is 5.56 Å². The summed E-state index contributed by atoms with van der Waals surface area (Å²) in [7, 11) is -4.38. The van der Waals surface area contributed by atoms with Gasteiger partial charge in [-0.15, -0.1) is 0 Å². The van der Waals surface area contributed by atoms with E-state index in [1.807, 2.05) is 4.72 Å². The molecule has 0 spiro atoms. The van der Waals surface area contributed by atoms with E-state index in [-0.39, 0.29) is 22.0 Å². The molecule has 0 aliphatic carbocycles. The van der Waals surface area contributed by atoms with Gasteiger partial charge in [0.1, 0.15) is 5.56 Å². The molecule has 0 saturated carbocycles. The fourth-order valence-corrected chi connectivity index (χ4v) is 3.93. The largest absolute Gasteiger partial charge is 0.423 e. The van der Waals surface area contributed by atoms with Crippen molar-refractivity contribution in [1.29, 1.82) is 0 Å². The first-order valence-corrected chi connectivity index (χ1v) is 11.1. The fourth-order valence-electron chi connectivity index (χ4n) is 2.88. The zero-order chi connectivity index (χ0) is 26.7. The molecule has 0 aliphatic rings. The number of nitro groups is 2. The van der Waals surface area contributed by atoms with Crippen molar-refractivity contribution in [3.05, 3.63) is 92.5 Å². The number of hydrogen-bond donors (Lipinski definition) is 3. The van der Waals surface area contributed by atoms with Gasteiger partial charge in [-0.3, -0.25) is 25.0 Å².